The van der Waals surface area contributed by atoms with Crippen molar-refractivity contribution >= 4 is 17.8 Å². The molecule has 18 heavy (non-hydrogen) atoms. The number of nitrogens with zero attached hydrogens (tertiary/aromatic N) is 3. The van der Waals surface area contributed by atoms with Crippen LogP contribution in [0.2, 0.25) is 0 Å². The van der Waals surface area contributed by atoms with Crippen molar-refractivity contribution in [2.75, 3.05) is 11.9 Å². The second-order valence-electron chi connectivity index (χ2n) is 4.20. The zero-order chi connectivity index (χ0) is 13.3. The molecule has 0 aliphatic carbocycles. The van der Waals surface area contributed by atoms with Crippen molar-refractivity contribution in [3.05, 3.63) is 12.3 Å². The van der Waals surface area contributed by atoms with E-state index >= 15 is 0 Å². The molecule has 1 aromatic rings. The number of anilines is 1. The number of likely N-dealkylation sites (tertiary alicyclic amines) is 1. The maximum atomic E-state index is 11.9. The van der Waals surface area contributed by atoms with Gasteiger partial charge in [0.05, 0.1) is 6.10 Å². The molecule has 0 spiro atoms. The quantitative estimate of drug-likeness (QED) is 0.657. The Morgan fingerprint density at radius 3 is 2.83 bits per heavy atom. The lowest BCUT2D eigenvalue weighted by molar-refractivity contribution is -0.141. The van der Waals surface area contributed by atoms with Crippen LogP contribution in [0, 0.1) is 0 Å². The number of hydrogen-bond acceptors (Lipinski definition) is 4. The summed E-state index contributed by atoms with van der Waals surface area (Å²) in [5.41, 5.74) is 0. The van der Waals surface area contributed by atoms with Crippen LogP contribution < -0.4 is 5.32 Å². The van der Waals surface area contributed by atoms with Gasteiger partial charge in [0.15, 0.2) is 5.82 Å². The third-order valence-electron chi connectivity index (χ3n) is 2.77. The molecule has 8 heteroatoms. The van der Waals surface area contributed by atoms with E-state index in [2.05, 4.69) is 10.4 Å². The monoisotopic (exact) mass is 254 g/mol. The molecule has 1 aliphatic rings. The molecule has 1 aromatic heterocycles. The van der Waals surface area contributed by atoms with Crippen molar-refractivity contribution < 1.29 is 19.8 Å². The highest BCUT2D eigenvalue weighted by Gasteiger charge is 2.39. The molecule has 2 amide bonds. The molecule has 2 atom stereocenters. The first kappa shape index (κ1) is 12.4. The molecule has 0 saturated carbocycles. The van der Waals surface area contributed by atoms with Crippen molar-refractivity contribution in [1.29, 1.82) is 0 Å². The minimum absolute atomic E-state index is 0.00956. The predicted molar refractivity (Wildman–Crippen MR) is 61.0 cm³/mol. The highest BCUT2D eigenvalue weighted by molar-refractivity contribution is 5.92. The molecule has 8 nitrogen and oxygen atoms in total. The highest BCUT2D eigenvalue weighted by Crippen LogP contribution is 2.19. The second-order valence-corrected chi connectivity index (χ2v) is 4.20. The summed E-state index contributed by atoms with van der Waals surface area (Å²) in [6.07, 6.45) is 0.897. The molecule has 0 radical (unpaired) electrons. The molecule has 0 aromatic carbocycles. The summed E-state index contributed by atoms with van der Waals surface area (Å²) in [7, 11) is 1.70. The van der Waals surface area contributed by atoms with Crippen molar-refractivity contribution in [3.63, 3.8) is 0 Å². The van der Waals surface area contributed by atoms with Crippen LogP contribution in [-0.4, -0.2) is 55.6 Å². The lowest BCUT2D eigenvalue weighted by Gasteiger charge is -2.20. The van der Waals surface area contributed by atoms with Crippen LogP contribution in [0.1, 0.15) is 6.42 Å². The Morgan fingerprint density at radius 1 is 1.56 bits per heavy atom. The minimum atomic E-state index is -1.12. The zero-order valence-corrected chi connectivity index (χ0v) is 9.78. The lowest BCUT2D eigenvalue weighted by Crippen LogP contribution is -2.43. The molecule has 1 aliphatic heterocycles. The lowest BCUT2D eigenvalue weighted by atomic mass is 10.2. The van der Waals surface area contributed by atoms with Gasteiger partial charge >= 0.3 is 12.0 Å². The number of aliphatic carboxylic acids is 1. The fraction of sp³-hybridized carbons (Fsp3) is 0.500. The van der Waals surface area contributed by atoms with Crippen LogP contribution in [0.4, 0.5) is 10.6 Å². The normalized spacial score (nSPS) is 23.1. The van der Waals surface area contributed by atoms with Gasteiger partial charge in [-0.1, -0.05) is 0 Å². The third kappa shape index (κ3) is 2.43. The molecule has 0 bridgehead atoms. The third-order valence-corrected chi connectivity index (χ3v) is 2.77. The highest BCUT2D eigenvalue weighted by atomic mass is 16.4. The molecule has 1 saturated heterocycles. The average molecular weight is 254 g/mol. The van der Waals surface area contributed by atoms with Crippen LogP contribution >= 0.6 is 0 Å². The summed E-state index contributed by atoms with van der Waals surface area (Å²) in [6.45, 7) is 0.00956. The van der Waals surface area contributed by atoms with E-state index in [1.165, 1.54) is 4.68 Å². The summed E-state index contributed by atoms with van der Waals surface area (Å²) in [6, 6.07) is 0.0292. The van der Waals surface area contributed by atoms with E-state index < -0.39 is 24.1 Å². The van der Waals surface area contributed by atoms with Crippen molar-refractivity contribution in [2.24, 2.45) is 7.05 Å². The van der Waals surface area contributed by atoms with Crippen LogP contribution in [-0.2, 0) is 11.8 Å². The van der Waals surface area contributed by atoms with Crippen LogP contribution in [0.25, 0.3) is 0 Å². The summed E-state index contributed by atoms with van der Waals surface area (Å²) < 4.78 is 1.52. The van der Waals surface area contributed by atoms with E-state index in [4.69, 9.17) is 5.11 Å². The van der Waals surface area contributed by atoms with Gasteiger partial charge in [-0.3, -0.25) is 10.00 Å². The molecule has 98 valence electrons. The number of amides is 2. The first-order valence-electron chi connectivity index (χ1n) is 5.45. The number of β-amino-alcohol motifs (C(OH)–C–C–N with tert-alkyl or cyclic N) is 1. The molecule has 2 heterocycles. The van der Waals surface area contributed by atoms with Gasteiger partial charge in [0.1, 0.15) is 6.04 Å². The van der Waals surface area contributed by atoms with Gasteiger partial charge in [-0.2, -0.15) is 5.10 Å². The van der Waals surface area contributed by atoms with Crippen molar-refractivity contribution in [1.82, 2.24) is 14.7 Å². The first-order chi connectivity index (χ1) is 8.47. The number of rotatable bonds is 2. The Kier molecular flexibility index (Phi) is 3.19. The number of urea groups is 1. The van der Waals surface area contributed by atoms with Gasteiger partial charge in [0.25, 0.3) is 0 Å². The van der Waals surface area contributed by atoms with E-state index in [0.29, 0.717) is 5.82 Å². The Labute approximate surface area is 103 Å². The number of aliphatic hydroxyl groups is 1. The Balaban J connectivity index is 2.06. The fourth-order valence-corrected chi connectivity index (χ4v) is 1.94. The SMILES string of the molecule is Cn1ccc(NC(=O)N2C[C@@H](O)C[C@H]2C(=O)O)n1. The topological polar surface area (TPSA) is 108 Å². The number of aliphatic hydroxyl groups excluding tert-OH is 1. The second kappa shape index (κ2) is 4.65. The number of aryl methyl sites for hydroxylation is 1. The van der Waals surface area contributed by atoms with E-state index in [9.17, 15) is 14.7 Å². The van der Waals surface area contributed by atoms with Crippen molar-refractivity contribution in [2.45, 2.75) is 18.6 Å². The predicted octanol–water partition coefficient (Wildman–Crippen LogP) is -0.528. The first-order valence-corrected chi connectivity index (χ1v) is 5.45. The number of nitrogens with one attached hydrogen (secondary N) is 1. The Bertz CT molecular complexity index is 472. The van der Waals surface area contributed by atoms with E-state index in [1.807, 2.05) is 0 Å². The van der Waals surface area contributed by atoms with Crippen LogP contribution in [0.5, 0.6) is 0 Å². The fourth-order valence-electron chi connectivity index (χ4n) is 1.94. The van der Waals surface area contributed by atoms with Gasteiger partial charge in [0.2, 0.25) is 0 Å². The van der Waals surface area contributed by atoms with E-state index in [0.717, 1.165) is 4.90 Å². The standard InChI is InChI=1S/C10H14N4O4/c1-13-3-2-8(12-13)11-10(18)14-5-6(15)4-7(14)9(16)17/h2-3,6-7,15H,4-5H2,1H3,(H,16,17)(H,11,12,18)/t6-,7-/m0/s1. The van der Waals surface area contributed by atoms with Crippen LogP contribution in [0.15, 0.2) is 12.3 Å². The van der Waals surface area contributed by atoms with Gasteiger partial charge in [-0.15, -0.1) is 0 Å². The number of carboxylic acids is 1. The number of carboxylic acid groups (broad SMARTS) is 1. The molecule has 0 unspecified atom stereocenters. The van der Waals surface area contributed by atoms with Gasteiger partial charge in [-0.25, -0.2) is 9.59 Å². The van der Waals surface area contributed by atoms with E-state index in [-0.39, 0.29) is 13.0 Å². The molecular formula is C10H14N4O4. The maximum absolute atomic E-state index is 11.9. The Morgan fingerprint density at radius 2 is 2.28 bits per heavy atom. The van der Waals surface area contributed by atoms with Gasteiger partial charge in [-0.05, 0) is 0 Å². The van der Waals surface area contributed by atoms with Crippen LogP contribution in [0.3, 0.4) is 0 Å². The number of carbonyl (C=O) groups is 2. The summed E-state index contributed by atoms with van der Waals surface area (Å²) in [5, 5.41) is 24.9. The molecule has 1 fully saturated rings. The summed E-state index contributed by atoms with van der Waals surface area (Å²) in [4.78, 5) is 23.9. The number of hydrogen-bond donors (Lipinski definition) is 3. The van der Waals surface area contributed by atoms with Gasteiger partial charge in [0, 0.05) is 32.3 Å². The zero-order valence-electron chi connectivity index (χ0n) is 9.78. The van der Waals surface area contributed by atoms with E-state index in [1.54, 1.807) is 19.3 Å². The van der Waals surface area contributed by atoms with Crippen molar-refractivity contribution in [3.8, 4) is 0 Å². The summed E-state index contributed by atoms with van der Waals surface area (Å²) in [5.74, 6) is -0.782. The number of aromatic nitrogens is 2. The summed E-state index contributed by atoms with van der Waals surface area (Å²) >= 11 is 0. The molecular weight excluding hydrogens is 240 g/mol. The average Bonchev–Trinajstić information content (AvgIpc) is 2.85. The smallest absolute Gasteiger partial charge is 0.326 e. The minimum Gasteiger partial charge on any atom is -0.480 e. The molecule has 2 rings (SSSR count). The largest absolute Gasteiger partial charge is 0.480 e. The molecule has 3 N–H and O–H groups in total. The van der Waals surface area contributed by atoms with Gasteiger partial charge < -0.3 is 15.1 Å². The Hall–Kier alpha value is -2.09. The number of carbonyl (C=O) groups excluding carboxylic acids is 1. The maximum Gasteiger partial charge on any atom is 0.326 e.